The van der Waals surface area contributed by atoms with Crippen molar-refractivity contribution >= 4 is 27.4 Å². The number of halogens is 1. The van der Waals surface area contributed by atoms with Crippen LogP contribution in [0.3, 0.4) is 0 Å². The van der Waals surface area contributed by atoms with Gasteiger partial charge >= 0.3 is 0 Å². The molecular weight excluding hydrogens is 334 g/mol. The predicted molar refractivity (Wildman–Crippen MR) is 85.2 cm³/mol. The molecule has 1 saturated carbocycles. The highest BCUT2D eigenvalue weighted by Gasteiger charge is 2.28. The average Bonchev–Trinajstić information content (AvgIpc) is 2.44. The first kappa shape index (κ1) is 16.1. The van der Waals surface area contributed by atoms with Crippen LogP contribution in [0.25, 0.3) is 0 Å². The molecule has 0 amide bonds. The van der Waals surface area contributed by atoms with E-state index in [0.717, 1.165) is 29.3 Å². The Morgan fingerprint density at radius 3 is 2.81 bits per heavy atom. The van der Waals surface area contributed by atoms with Crippen molar-refractivity contribution in [1.29, 1.82) is 0 Å². The van der Waals surface area contributed by atoms with Crippen molar-refractivity contribution in [3.63, 3.8) is 0 Å². The monoisotopic (exact) mass is 353 g/mol. The summed E-state index contributed by atoms with van der Waals surface area (Å²) in [6, 6.07) is 4.79. The molecule has 4 nitrogen and oxygen atoms in total. The molecule has 1 aromatic carbocycles. The first-order valence-electron chi connectivity index (χ1n) is 7.46. The second-order valence-electron chi connectivity index (χ2n) is 5.83. The third-order valence-electron chi connectivity index (χ3n) is 4.28. The number of hydrogen-bond acceptors (Lipinski definition) is 3. The Kier molecular flexibility index (Phi) is 5.51. The summed E-state index contributed by atoms with van der Waals surface area (Å²) in [4.78, 5) is 22.5. The smallest absolute Gasteiger partial charge is 0.270 e. The zero-order valence-electron chi connectivity index (χ0n) is 12.2. The fourth-order valence-electron chi connectivity index (χ4n) is 3.15. The number of nitro groups is 1. The van der Waals surface area contributed by atoms with Crippen LogP contribution in [-0.2, 0) is 11.2 Å². The molecule has 21 heavy (non-hydrogen) atoms. The fraction of sp³-hybridized carbons (Fsp3) is 0.562. The van der Waals surface area contributed by atoms with Crippen molar-refractivity contribution in [2.24, 2.45) is 11.8 Å². The van der Waals surface area contributed by atoms with E-state index in [0.29, 0.717) is 24.5 Å². The van der Waals surface area contributed by atoms with Gasteiger partial charge in [0.2, 0.25) is 0 Å². The second-order valence-corrected chi connectivity index (χ2v) is 6.68. The van der Waals surface area contributed by atoms with Gasteiger partial charge in [-0.1, -0.05) is 41.8 Å². The molecule has 2 unspecified atom stereocenters. The van der Waals surface area contributed by atoms with Crippen LogP contribution in [0.1, 0.15) is 44.6 Å². The third-order valence-corrected chi connectivity index (χ3v) is 5.02. The molecular formula is C16H20BrNO3. The van der Waals surface area contributed by atoms with Crippen LogP contribution in [0.5, 0.6) is 0 Å². The Bertz CT molecular complexity index is 544. The van der Waals surface area contributed by atoms with Crippen molar-refractivity contribution in [2.75, 3.05) is 0 Å². The molecule has 2 rings (SSSR count). The first-order chi connectivity index (χ1) is 10.0. The number of Topliss-reactive ketones (excluding diaryl/α,β-unsaturated/α-hetero) is 1. The van der Waals surface area contributed by atoms with Crippen molar-refractivity contribution in [3.8, 4) is 0 Å². The second kappa shape index (κ2) is 7.16. The van der Waals surface area contributed by atoms with Crippen molar-refractivity contribution in [1.82, 2.24) is 0 Å². The van der Waals surface area contributed by atoms with E-state index < -0.39 is 4.92 Å². The fourth-order valence-corrected chi connectivity index (χ4v) is 3.68. The predicted octanol–water partition coefficient (Wildman–Crippen LogP) is 4.69. The van der Waals surface area contributed by atoms with E-state index in [1.165, 1.54) is 18.6 Å². The lowest BCUT2D eigenvalue weighted by molar-refractivity contribution is -0.384. The van der Waals surface area contributed by atoms with Gasteiger partial charge in [0.1, 0.15) is 5.78 Å². The largest absolute Gasteiger partial charge is 0.299 e. The van der Waals surface area contributed by atoms with Gasteiger partial charge in [0.05, 0.1) is 4.92 Å². The van der Waals surface area contributed by atoms with E-state index in [2.05, 4.69) is 22.9 Å². The van der Waals surface area contributed by atoms with Crippen molar-refractivity contribution in [3.05, 3.63) is 38.3 Å². The standard InChI is InChI=1S/C16H20BrNO3/c1-2-3-11-4-7-16(19)13(8-11)9-12-5-6-14(18(20)21)10-15(12)17/h5-6,10-11,13H,2-4,7-9H2,1H3. The van der Waals surface area contributed by atoms with Gasteiger partial charge in [-0.3, -0.25) is 14.9 Å². The topological polar surface area (TPSA) is 60.2 Å². The van der Waals surface area contributed by atoms with Gasteiger partial charge in [-0.25, -0.2) is 0 Å². The van der Waals surface area contributed by atoms with Crippen LogP contribution in [0.2, 0.25) is 0 Å². The Balaban J connectivity index is 2.09. The van der Waals surface area contributed by atoms with Gasteiger partial charge in [-0.2, -0.15) is 0 Å². The van der Waals surface area contributed by atoms with Crippen LogP contribution in [-0.4, -0.2) is 10.7 Å². The molecule has 0 bridgehead atoms. The molecule has 2 atom stereocenters. The minimum Gasteiger partial charge on any atom is -0.299 e. The molecule has 1 aliphatic rings. The summed E-state index contributed by atoms with van der Waals surface area (Å²) in [6.07, 6.45) is 5.68. The normalized spacial score (nSPS) is 22.3. The zero-order chi connectivity index (χ0) is 15.4. The molecule has 0 spiro atoms. The summed E-state index contributed by atoms with van der Waals surface area (Å²) < 4.78 is 0.724. The van der Waals surface area contributed by atoms with Gasteiger partial charge in [0, 0.05) is 28.9 Å². The summed E-state index contributed by atoms with van der Waals surface area (Å²) in [5, 5.41) is 10.8. The minimum absolute atomic E-state index is 0.0630. The average molecular weight is 354 g/mol. The van der Waals surface area contributed by atoms with E-state index in [1.54, 1.807) is 6.07 Å². The minimum atomic E-state index is -0.405. The lowest BCUT2D eigenvalue weighted by atomic mass is 9.76. The zero-order valence-corrected chi connectivity index (χ0v) is 13.8. The van der Waals surface area contributed by atoms with Crippen LogP contribution >= 0.6 is 15.9 Å². The highest BCUT2D eigenvalue weighted by atomic mass is 79.9. The number of nitro benzene ring substituents is 1. The molecule has 1 aliphatic carbocycles. The van der Waals surface area contributed by atoms with Crippen molar-refractivity contribution in [2.45, 2.75) is 45.4 Å². The molecule has 0 N–H and O–H groups in total. The maximum absolute atomic E-state index is 12.1. The first-order valence-corrected chi connectivity index (χ1v) is 8.26. The molecule has 0 radical (unpaired) electrons. The number of rotatable bonds is 5. The van der Waals surface area contributed by atoms with E-state index in [-0.39, 0.29) is 11.6 Å². The number of carbonyl (C=O) groups excluding carboxylic acids is 1. The number of benzene rings is 1. The maximum atomic E-state index is 12.1. The molecule has 114 valence electrons. The molecule has 0 heterocycles. The van der Waals surface area contributed by atoms with Crippen LogP contribution in [0.15, 0.2) is 22.7 Å². The number of carbonyl (C=O) groups is 1. The Hall–Kier alpha value is -1.23. The summed E-state index contributed by atoms with van der Waals surface area (Å²) in [7, 11) is 0. The van der Waals surface area contributed by atoms with Crippen LogP contribution in [0, 0.1) is 22.0 Å². The van der Waals surface area contributed by atoms with E-state index in [4.69, 9.17) is 0 Å². The van der Waals surface area contributed by atoms with Crippen LogP contribution in [0.4, 0.5) is 5.69 Å². The summed E-state index contributed by atoms with van der Waals surface area (Å²) >= 11 is 3.39. The Morgan fingerprint density at radius 2 is 2.19 bits per heavy atom. The number of ketones is 1. The van der Waals surface area contributed by atoms with Crippen molar-refractivity contribution < 1.29 is 9.72 Å². The quantitative estimate of drug-likeness (QED) is 0.570. The number of hydrogen-bond donors (Lipinski definition) is 0. The Labute approximate surface area is 133 Å². The SMILES string of the molecule is CCCC1CCC(=O)C(Cc2ccc([N+](=O)[O-])cc2Br)C1. The van der Waals surface area contributed by atoms with E-state index in [1.807, 2.05) is 0 Å². The van der Waals surface area contributed by atoms with Gasteiger partial charge in [0.25, 0.3) is 5.69 Å². The van der Waals surface area contributed by atoms with Gasteiger partial charge < -0.3 is 0 Å². The highest BCUT2D eigenvalue weighted by Crippen LogP contribution is 2.33. The maximum Gasteiger partial charge on any atom is 0.270 e. The number of non-ortho nitro benzene ring substituents is 1. The lowest BCUT2D eigenvalue weighted by Gasteiger charge is -2.28. The van der Waals surface area contributed by atoms with Gasteiger partial charge in [0.15, 0.2) is 0 Å². The summed E-state index contributed by atoms with van der Waals surface area (Å²) in [5.41, 5.74) is 1.06. The van der Waals surface area contributed by atoms with Crippen LogP contribution < -0.4 is 0 Å². The molecule has 0 saturated heterocycles. The Morgan fingerprint density at radius 1 is 1.43 bits per heavy atom. The molecule has 5 heteroatoms. The highest BCUT2D eigenvalue weighted by molar-refractivity contribution is 9.10. The molecule has 0 aromatic heterocycles. The molecule has 0 aliphatic heterocycles. The third kappa shape index (κ3) is 4.13. The van der Waals surface area contributed by atoms with E-state index >= 15 is 0 Å². The van der Waals surface area contributed by atoms with Gasteiger partial charge in [-0.15, -0.1) is 0 Å². The molecule has 1 aromatic rings. The summed E-state index contributed by atoms with van der Waals surface area (Å²) in [6.45, 7) is 2.18. The van der Waals surface area contributed by atoms with E-state index in [9.17, 15) is 14.9 Å². The number of nitrogens with zero attached hydrogens (tertiary/aromatic N) is 1. The van der Waals surface area contributed by atoms with Gasteiger partial charge in [-0.05, 0) is 30.7 Å². The summed E-state index contributed by atoms with van der Waals surface area (Å²) in [5.74, 6) is 1.05. The molecule has 1 fully saturated rings. The lowest BCUT2D eigenvalue weighted by Crippen LogP contribution is -2.26.